The van der Waals surface area contributed by atoms with Gasteiger partial charge in [0.15, 0.2) is 0 Å². The number of benzene rings is 1. The van der Waals surface area contributed by atoms with Gasteiger partial charge >= 0.3 is 0 Å². The fourth-order valence-corrected chi connectivity index (χ4v) is 3.56. The number of hydrogen-bond donors (Lipinski definition) is 1. The van der Waals surface area contributed by atoms with Gasteiger partial charge in [-0.3, -0.25) is 9.89 Å². The first-order valence-electron chi connectivity index (χ1n) is 7.37. The minimum Gasteiger partial charge on any atom is -0.333 e. The minimum absolute atomic E-state index is 0.0527. The highest BCUT2D eigenvalue weighted by atomic mass is 32.1. The van der Waals surface area contributed by atoms with Gasteiger partial charge in [-0.2, -0.15) is 5.10 Å². The van der Waals surface area contributed by atoms with Crippen LogP contribution in [0.25, 0.3) is 11.3 Å². The Hall–Kier alpha value is -2.47. The SMILES string of the molecule is O=C(c1cccs1)N1CCc2[nH]nc(-c3ccc(F)cc3)c2C1. The van der Waals surface area contributed by atoms with E-state index in [1.807, 2.05) is 22.4 Å². The maximum absolute atomic E-state index is 13.1. The number of aromatic nitrogens is 2. The summed E-state index contributed by atoms with van der Waals surface area (Å²) < 4.78 is 13.1. The second-order valence-corrected chi connectivity index (χ2v) is 6.44. The molecule has 1 N–H and O–H groups in total. The molecule has 0 radical (unpaired) electrons. The molecule has 0 saturated heterocycles. The molecule has 0 atom stereocenters. The van der Waals surface area contributed by atoms with Crippen LogP contribution in [0.15, 0.2) is 41.8 Å². The topological polar surface area (TPSA) is 49.0 Å². The smallest absolute Gasteiger partial charge is 0.264 e. The van der Waals surface area contributed by atoms with Crippen LogP contribution < -0.4 is 0 Å². The van der Waals surface area contributed by atoms with E-state index in [2.05, 4.69) is 10.2 Å². The highest BCUT2D eigenvalue weighted by Crippen LogP contribution is 2.29. The Morgan fingerprint density at radius 2 is 2.09 bits per heavy atom. The van der Waals surface area contributed by atoms with Crippen molar-refractivity contribution in [1.29, 1.82) is 0 Å². The van der Waals surface area contributed by atoms with E-state index in [4.69, 9.17) is 0 Å². The molecular formula is C17H14FN3OS. The fraction of sp³-hybridized carbons (Fsp3) is 0.176. The van der Waals surface area contributed by atoms with Crippen molar-refractivity contribution in [2.75, 3.05) is 6.54 Å². The van der Waals surface area contributed by atoms with Gasteiger partial charge in [-0.05, 0) is 35.7 Å². The van der Waals surface area contributed by atoms with E-state index in [0.717, 1.165) is 33.8 Å². The molecule has 0 spiro atoms. The van der Waals surface area contributed by atoms with Gasteiger partial charge in [-0.15, -0.1) is 11.3 Å². The van der Waals surface area contributed by atoms with E-state index in [1.165, 1.54) is 23.5 Å². The van der Waals surface area contributed by atoms with Gasteiger partial charge in [0, 0.05) is 36.3 Å². The Labute approximate surface area is 136 Å². The number of hydrogen-bond acceptors (Lipinski definition) is 3. The van der Waals surface area contributed by atoms with Crippen LogP contribution in [-0.2, 0) is 13.0 Å². The average molecular weight is 327 g/mol. The van der Waals surface area contributed by atoms with Crippen molar-refractivity contribution in [2.45, 2.75) is 13.0 Å². The quantitative estimate of drug-likeness (QED) is 0.783. The summed E-state index contributed by atoms with van der Waals surface area (Å²) in [6, 6.07) is 10.0. The van der Waals surface area contributed by atoms with Crippen LogP contribution in [0.2, 0.25) is 0 Å². The maximum Gasteiger partial charge on any atom is 0.264 e. The minimum atomic E-state index is -0.271. The summed E-state index contributed by atoms with van der Waals surface area (Å²) >= 11 is 1.45. The third-order valence-electron chi connectivity index (χ3n) is 4.07. The first-order chi connectivity index (χ1) is 11.2. The molecule has 0 saturated carbocycles. The van der Waals surface area contributed by atoms with E-state index in [1.54, 1.807) is 12.1 Å². The Morgan fingerprint density at radius 3 is 2.83 bits per heavy atom. The van der Waals surface area contributed by atoms with E-state index < -0.39 is 0 Å². The van der Waals surface area contributed by atoms with Crippen molar-refractivity contribution in [3.63, 3.8) is 0 Å². The second-order valence-electron chi connectivity index (χ2n) is 5.49. The molecule has 4 nitrogen and oxygen atoms in total. The van der Waals surface area contributed by atoms with Crippen LogP contribution in [0, 0.1) is 5.82 Å². The number of rotatable bonds is 2. The molecule has 3 aromatic rings. The van der Waals surface area contributed by atoms with Gasteiger partial charge in [-0.1, -0.05) is 6.07 Å². The molecule has 4 rings (SSSR count). The molecule has 1 aliphatic rings. The van der Waals surface area contributed by atoms with E-state index in [0.29, 0.717) is 13.1 Å². The first kappa shape index (κ1) is 14.1. The Morgan fingerprint density at radius 1 is 1.26 bits per heavy atom. The number of H-pyrrole nitrogens is 1. The third kappa shape index (κ3) is 2.55. The second kappa shape index (κ2) is 5.62. The lowest BCUT2D eigenvalue weighted by molar-refractivity contribution is 0.0739. The standard InChI is InChI=1S/C17H14FN3OS/c18-12-5-3-11(4-6-12)16-13-10-21(8-7-14(13)19-20-16)17(22)15-2-1-9-23-15/h1-6,9H,7-8,10H2,(H,19,20). The molecule has 2 aromatic heterocycles. The summed E-state index contributed by atoms with van der Waals surface area (Å²) in [5, 5.41) is 9.33. The Kier molecular flexibility index (Phi) is 3.46. The summed E-state index contributed by atoms with van der Waals surface area (Å²) in [6.45, 7) is 1.20. The molecule has 0 unspecified atom stereocenters. The number of fused-ring (bicyclic) bond motifs is 1. The van der Waals surface area contributed by atoms with Gasteiger partial charge < -0.3 is 4.90 Å². The van der Waals surface area contributed by atoms with Gasteiger partial charge in [0.25, 0.3) is 5.91 Å². The van der Waals surface area contributed by atoms with E-state index in [9.17, 15) is 9.18 Å². The fourth-order valence-electron chi connectivity index (χ4n) is 2.87. The number of nitrogens with one attached hydrogen (secondary N) is 1. The van der Waals surface area contributed by atoms with Gasteiger partial charge in [0.1, 0.15) is 5.82 Å². The molecule has 6 heteroatoms. The van der Waals surface area contributed by atoms with Crippen LogP contribution in [0.1, 0.15) is 20.9 Å². The van der Waals surface area contributed by atoms with Crippen molar-refractivity contribution in [3.05, 3.63) is 63.7 Å². The molecule has 3 heterocycles. The van der Waals surface area contributed by atoms with E-state index in [-0.39, 0.29) is 11.7 Å². The number of carbonyl (C=O) groups excluding carboxylic acids is 1. The van der Waals surface area contributed by atoms with Crippen LogP contribution in [0.3, 0.4) is 0 Å². The van der Waals surface area contributed by atoms with Crippen molar-refractivity contribution < 1.29 is 9.18 Å². The number of nitrogens with zero attached hydrogens (tertiary/aromatic N) is 2. The highest BCUT2D eigenvalue weighted by molar-refractivity contribution is 7.12. The number of aromatic amines is 1. The predicted octanol–water partition coefficient (Wildman–Crippen LogP) is 3.48. The van der Waals surface area contributed by atoms with Crippen molar-refractivity contribution >= 4 is 17.2 Å². The zero-order valence-corrected chi connectivity index (χ0v) is 13.1. The largest absolute Gasteiger partial charge is 0.333 e. The summed E-state index contributed by atoms with van der Waals surface area (Å²) in [6.07, 6.45) is 0.751. The van der Waals surface area contributed by atoms with Crippen LogP contribution in [-0.4, -0.2) is 27.5 Å². The number of halogens is 1. The monoisotopic (exact) mass is 327 g/mol. The zero-order valence-electron chi connectivity index (χ0n) is 12.3. The molecule has 0 aliphatic carbocycles. The molecule has 23 heavy (non-hydrogen) atoms. The van der Waals surface area contributed by atoms with Gasteiger partial charge in [0.05, 0.1) is 10.6 Å². The lowest BCUT2D eigenvalue weighted by Gasteiger charge is -2.26. The number of carbonyl (C=O) groups is 1. The third-order valence-corrected chi connectivity index (χ3v) is 4.93. The summed E-state index contributed by atoms with van der Waals surface area (Å²) in [5.74, 6) is -0.218. The molecule has 116 valence electrons. The Bertz CT molecular complexity index is 839. The molecule has 1 amide bonds. The summed E-state index contributed by atoms with van der Waals surface area (Å²) in [7, 11) is 0. The lowest BCUT2D eigenvalue weighted by atomic mass is 10.0. The number of amides is 1. The molecule has 0 bridgehead atoms. The maximum atomic E-state index is 13.1. The molecule has 1 aliphatic heterocycles. The van der Waals surface area contributed by atoms with Crippen molar-refractivity contribution in [1.82, 2.24) is 15.1 Å². The van der Waals surface area contributed by atoms with Gasteiger partial charge in [0.2, 0.25) is 0 Å². The number of thiophene rings is 1. The summed E-state index contributed by atoms with van der Waals surface area (Å²) in [4.78, 5) is 15.1. The average Bonchev–Trinajstić information content (AvgIpc) is 3.24. The predicted molar refractivity (Wildman–Crippen MR) is 86.7 cm³/mol. The van der Waals surface area contributed by atoms with Crippen molar-refractivity contribution in [3.8, 4) is 11.3 Å². The Balaban J connectivity index is 1.65. The molecular weight excluding hydrogens is 313 g/mol. The van der Waals surface area contributed by atoms with Crippen LogP contribution in [0.4, 0.5) is 4.39 Å². The van der Waals surface area contributed by atoms with Gasteiger partial charge in [-0.25, -0.2) is 4.39 Å². The summed E-state index contributed by atoms with van der Waals surface area (Å²) in [5.41, 5.74) is 3.73. The molecule has 1 aromatic carbocycles. The van der Waals surface area contributed by atoms with Crippen LogP contribution >= 0.6 is 11.3 Å². The van der Waals surface area contributed by atoms with E-state index >= 15 is 0 Å². The highest BCUT2D eigenvalue weighted by Gasteiger charge is 2.26. The normalized spacial score (nSPS) is 13.9. The lowest BCUT2D eigenvalue weighted by Crippen LogP contribution is -2.35. The first-order valence-corrected chi connectivity index (χ1v) is 8.25. The van der Waals surface area contributed by atoms with Crippen molar-refractivity contribution in [2.24, 2.45) is 0 Å². The zero-order chi connectivity index (χ0) is 15.8. The van der Waals surface area contributed by atoms with Crippen LogP contribution in [0.5, 0.6) is 0 Å². The molecule has 0 fully saturated rings.